The topological polar surface area (TPSA) is 39.2 Å². The molecule has 0 aliphatic heterocycles. The summed E-state index contributed by atoms with van der Waals surface area (Å²) >= 11 is 0. The zero-order valence-corrected chi connectivity index (χ0v) is 33.2. The predicted octanol–water partition coefficient (Wildman–Crippen LogP) is 16.5. The highest BCUT2D eigenvalue weighted by Crippen LogP contribution is 2.48. The van der Waals surface area contributed by atoms with Gasteiger partial charge in [-0.05, 0) is 115 Å². The summed E-state index contributed by atoms with van der Waals surface area (Å²) in [5.74, 6) is 0. The maximum Gasteiger partial charge on any atom is 0.143 e. The Balaban J connectivity index is 1.12. The van der Waals surface area contributed by atoms with Crippen molar-refractivity contribution in [2.24, 2.45) is 0 Å². The lowest BCUT2D eigenvalue weighted by molar-refractivity contribution is 0.669. The van der Waals surface area contributed by atoms with Crippen molar-refractivity contribution in [1.29, 1.82) is 0 Å². The molecule has 0 N–H and O–H groups in total. The number of rotatable bonds is 4. The van der Waals surface area contributed by atoms with E-state index in [1.807, 2.05) is 12.1 Å². The molecule has 0 amide bonds. The highest BCUT2D eigenvalue weighted by Gasteiger charge is 2.23. The van der Waals surface area contributed by atoms with Gasteiger partial charge in [0.25, 0.3) is 0 Å². The molecule has 3 aromatic heterocycles. The largest absolute Gasteiger partial charge is 0.456 e. The molecule has 3 heterocycles. The normalized spacial score (nSPS) is 12.0. The number of para-hydroxylation sites is 1. The fraction of sp³-hybridized carbons (Fsp3) is 0.0172. The van der Waals surface area contributed by atoms with E-state index in [1.54, 1.807) is 0 Å². The van der Waals surface area contributed by atoms with Crippen LogP contribution in [0.5, 0.6) is 0 Å². The van der Waals surface area contributed by atoms with Gasteiger partial charge in [-0.2, -0.15) is 0 Å². The zero-order chi connectivity index (χ0) is 40.2. The molecule has 0 spiro atoms. The smallest absolute Gasteiger partial charge is 0.143 e. The standard InChI is InChI=1S/C58H35NO2/c1-34-47(33-51(59-57(34)35-14-3-2-4-15-35)38-26-28-45-43-20-8-7-18-41(43)42-19-9-10-21-44(42)48(45)32-38)50-31-36-16-5-6-17-40(36)58-56(50)55-39(23-13-25-54(55)61-58)37-27-29-53-49(30-37)46-22-11-12-24-52(46)60-53/h2-33H,1H3. The van der Waals surface area contributed by atoms with Crippen molar-refractivity contribution in [2.45, 2.75) is 6.92 Å². The van der Waals surface area contributed by atoms with Crippen LogP contribution >= 0.6 is 0 Å². The van der Waals surface area contributed by atoms with E-state index < -0.39 is 0 Å². The third kappa shape index (κ3) is 5.08. The Bertz CT molecular complexity index is 3910. The van der Waals surface area contributed by atoms with Crippen LogP contribution in [0.1, 0.15) is 5.56 Å². The predicted molar refractivity (Wildman–Crippen MR) is 255 cm³/mol. The van der Waals surface area contributed by atoms with E-state index in [9.17, 15) is 0 Å². The number of nitrogens with zero attached hydrogens (tertiary/aromatic N) is 1. The maximum atomic E-state index is 6.99. The SMILES string of the molecule is Cc1c(-c2cc3ccccc3c3oc4cccc(-c5ccc6oc7ccccc7c6c5)c4c23)cc(-c2ccc3c4ccccc4c4ccccc4c3c2)nc1-c1ccccc1. The minimum absolute atomic E-state index is 0.853. The van der Waals surface area contributed by atoms with Gasteiger partial charge >= 0.3 is 0 Å². The van der Waals surface area contributed by atoms with E-state index in [-0.39, 0.29) is 0 Å². The van der Waals surface area contributed by atoms with Crippen molar-refractivity contribution in [3.8, 4) is 44.8 Å². The molecule has 3 nitrogen and oxygen atoms in total. The molecule has 0 fully saturated rings. The molecule has 0 saturated carbocycles. The number of benzene rings is 10. The molecule has 0 radical (unpaired) electrons. The van der Waals surface area contributed by atoms with Crippen LogP contribution in [0.2, 0.25) is 0 Å². The number of aromatic nitrogens is 1. The Labute approximate surface area is 350 Å². The van der Waals surface area contributed by atoms with Gasteiger partial charge in [0.05, 0.1) is 11.4 Å². The first-order valence-electron chi connectivity index (χ1n) is 20.9. The molecular weight excluding hydrogens is 743 g/mol. The van der Waals surface area contributed by atoms with Crippen molar-refractivity contribution in [2.75, 3.05) is 0 Å². The molecule has 13 rings (SSSR count). The van der Waals surface area contributed by atoms with Crippen LogP contribution in [-0.4, -0.2) is 4.98 Å². The first-order valence-corrected chi connectivity index (χ1v) is 20.9. The maximum absolute atomic E-state index is 6.99. The minimum atomic E-state index is 0.853. The lowest BCUT2D eigenvalue weighted by Crippen LogP contribution is -1.97. The van der Waals surface area contributed by atoms with Crippen molar-refractivity contribution in [3.05, 3.63) is 200 Å². The lowest BCUT2D eigenvalue weighted by atomic mass is 9.88. The average molecular weight is 778 g/mol. The van der Waals surface area contributed by atoms with Crippen LogP contribution in [0, 0.1) is 6.92 Å². The summed E-state index contributed by atoms with van der Waals surface area (Å²) in [5.41, 5.74) is 13.1. The van der Waals surface area contributed by atoms with Crippen molar-refractivity contribution < 1.29 is 8.83 Å². The summed E-state index contributed by atoms with van der Waals surface area (Å²) in [5, 5.41) is 14.1. The van der Waals surface area contributed by atoms with Gasteiger partial charge < -0.3 is 8.83 Å². The number of hydrogen-bond acceptors (Lipinski definition) is 3. The van der Waals surface area contributed by atoms with Crippen LogP contribution in [0.15, 0.2) is 203 Å². The van der Waals surface area contributed by atoms with Crippen LogP contribution in [-0.2, 0) is 0 Å². The quantitative estimate of drug-likeness (QED) is 0.167. The highest BCUT2D eigenvalue weighted by molar-refractivity contribution is 6.27. The van der Waals surface area contributed by atoms with Crippen molar-refractivity contribution in [1.82, 2.24) is 4.98 Å². The summed E-state index contributed by atoms with van der Waals surface area (Å²) in [4.78, 5) is 5.52. The molecule has 0 saturated heterocycles. The molecule has 61 heavy (non-hydrogen) atoms. The van der Waals surface area contributed by atoms with E-state index in [4.69, 9.17) is 13.8 Å². The second kappa shape index (κ2) is 13.0. The fourth-order valence-electron chi connectivity index (χ4n) is 9.98. The summed E-state index contributed by atoms with van der Waals surface area (Å²) in [7, 11) is 0. The summed E-state index contributed by atoms with van der Waals surface area (Å²) < 4.78 is 13.3. The van der Waals surface area contributed by atoms with Gasteiger partial charge in [-0.1, -0.05) is 152 Å². The monoisotopic (exact) mass is 777 g/mol. The molecule has 284 valence electrons. The molecular formula is C58H35NO2. The molecule has 0 atom stereocenters. The van der Waals surface area contributed by atoms with E-state index in [2.05, 4.69) is 189 Å². The third-order valence-corrected chi connectivity index (χ3v) is 12.8. The van der Waals surface area contributed by atoms with Crippen LogP contribution < -0.4 is 0 Å². The molecule has 0 unspecified atom stereocenters. The lowest BCUT2D eigenvalue weighted by Gasteiger charge is -2.17. The molecule has 0 bridgehead atoms. The minimum Gasteiger partial charge on any atom is -0.456 e. The van der Waals surface area contributed by atoms with Gasteiger partial charge in [-0.3, -0.25) is 0 Å². The molecule has 0 aliphatic rings. The number of fused-ring (bicyclic) bond motifs is 14. The molecule has 10 aromatic carbocycles. The van der Waals surface area contributed by atoms with Crippen molar-refractivity contribution >= 4 is 87.0 Å². The van der Waals surface area contributed by atoms with Gasteiger partial charge in [-0.25, -0.2) is 4.98 Å². The third-order valence-electron chi connectivity index (χ3n) is 12.8. The number of furan rings is 2. The average Bonchev–Trinajstić information content (AvgIpc) is 3.91. The highest BCUT2D eigenvalue weighted by atomic mass is 16.3. The van der Waals surface area contributed by atoms with Crippen LogP contribution in [0.3, 0.4) is 0 Å². The molecule has 0 aliphatic carbocycles. The summed E-state index contributed by atoms with van der Waals surface area (Å²) in [6.07, 6.45) is 0. The Morgan fingerprint density at radius 2 is 0.951 bits per heavy atom. The van der Waals surface area contributed by atoms with Gasteiger partial charge in [0.2, 0.25) is 0 Å². The van der Waals surface area contributed by atoms with Crippen LogP contribution in [0.4, 0.5) is 0 Å². The summed E-state index contributed by atoms with van der Waals surface area (Å²) in [6.45, 7) is 2.22. The number of pyridine rings is 1. The Morgan fingerprint density at radius 3 is 1.74 bits per heavy atom. The van der Waals surface area contributed by atoms with E-state index in [0.717, 1.165) is 105 Å². The first-order chi connectivity index (χ1) is 30.2. The van der Waals surface area contributed by atoms with Gasteiger partial charge in [0.15, 0.2) is 0 Å². The van der Waals surface area contributed by atoms with Gasteiger partial charge in [0, 0.05) is 38.1 Å². The first kappa shape index (κ1) is 33.9. The Morgan fingerprint density at radius 1 is 0.344 bits per heavy atom. The second-order valence-electron chi connectivity index (χ2n) is 16.2. The van der Waals surface area contributed by atoms with Crippen molar-refractivity contribution in [3.63, 3.8) is 0 Å². The summed E-state index contributed by atoms with van der Waals surface area (Å²) in [6, 6.07) is 69.5. The van der Waals surface area contributed by atoms with Gasteiger partial charge in [-0.15, -0.1) is 0 Å². The number of hydrogen-bond donors (Lipinski definition) is 0. The van der Waals surface area contributed by atoms with Crippen LogP contribution in [0.25, 0.3) is 132 Å². The fourth-order valence-corrected chi connectivity index (χ4v) is 9.98. The van der Waals surface area contributed by atoms with Gasteiger partial charge in [0.1, 0.15) is 22.3 Å². The Hall–Kier alpha value is -8.01. The zero-order valence-electron chi connectivity index (χ0n) is 33.2. The van der Waals surface area contributed by atoms with E-state index in [0.29, 0.717) is 0 Å². The molecule has 13 aromatic rings. The Kier molecular flexibility index (Phi) is 7.22. The molecule has 3 heteroatoms. The second-order valence-corrected chi connectivity index (χ2v) is 16.2. The van der Waals surface area contributed by atoms with E-state index >= 15 is 0 Å². The van der Waals surface area contributed by atoms with E-state index in [1.165, 1.54) is 32.3 Å².